The number of carboxylic acids is 4. The first-order chi connectivity index (χ1) is 23.3. The van der Waals surface area contributed by atoms with E-state index in [1.807, 2.05) is 6.92 Å². The summed E-state index contributed by atoms with van der Waals surface area (Å²) in [5.74, 6) is -12.2. The SMILES string of the molecule is CCCCC(C)C(OC(=O)CC(CC(=O)O)C(=O)O)C(CC(C)CC(O)CCCCC(O)C(O)C(O)CN)OC(=O)CC(CC(=O)O)C(=O)O. The molecule has 17 heteroatoms. The van der Waals surface area contributed by atoms with Crippen LogP contribution in [0.25, 0.3) is 0 Å². The molecule has 0 aromatic rings. The Morgan fingerprint density at radius 2 is 1.14 bits per heavy atom. The number of ether oxygens (including phenoxy) is 2. The van der Waals surface area contributed by atoms with Gasteiger partial charge in [-0.05, 0) is 43.9 Å². The lowest BCUT2D eigenvalue weighted by atomic mass is 9.87. The summed E-state index contributed by atoms with van der Waals surface area (Å²) in [6, 6.07) is 0. The third-order valence-corrected chi connectivity index (χ3v) is 8.48. The number of aliphatic carboxylic acids is 4. The molecule has 0 aromatic carbocycles. The van der Waals surface area contributed by atoms with Gasteiger partial charge in [0.2, 0.25) is 0 Å². The van der Waals surface area contributed by atoms with E-state index in [4.69, 9.17) is 25.4 Å². The van der Waals surface area contributed by atoms with Crippen LogP contribution >= 0.6 is 0 Å². The average molecular weight is 724 g/mol. The Kier molecular flexibility index (Phi) is 23.0. The highest BCUT2D eigenvalue weighted by Crippen LogP contribution is 2.29. The summed E-state index contributed by atoms with van der Waals surface area (Å²) in [6.45, 7) is 5.13. The van der Waals surface area contributed by atoms with Crippen LogP contribution in [0.5, 0.6) is 0 Å². The van der Waals surface area contributed by atoms with Gasteiger partial charge in [0.15, 0.2) is 0 Å². The molecule has 10 unspecified atom stereocenters. The van der Waals surface area contributed by atoms with Gasteiger partial charge in [0, 0.05) is 6.54 Å². The van der Waals surface area contributed by atoms with E-state index >= 15 is 0 Å². The summed E-state index contributed by atoms with van der Waals surface area (Å²) >= 11 is 0. The maximum atomic E-state index is 13.0. The molecule has 0 saturated heterocycles. The normalized spacial score (nSPS) is 17.5. The molecule has 0 spiro atoms. The lowest BCUT2D eigenvalue weighted by Gasteiger charge is -2.33. The van der Waals surface area contributed by atoms with Gasteiger partial charge in [-0.15, -0.1) is 0 Å². The summed E-state index contributed by atoms with van der Waals surface area (Å²) in [7, 11) is 0. The van der Waals surface area contributed by atoms with Crippen LogP contribution in [0.1, 0.15) is 104 Å². The van der Waals surface area contributed by atoms with E-state index in [1.165, 1.54) is 0 Å². The second-order valence-corrected chi connectivity index (χ2v) is 13.2. The lowest BCUT2D eigenvalue weighted by molar-refractivity contribution is -0.177. The minimum absolute atomic E-state index is 0.00670. The quantitative estimate of drug-likeness (QED) is 0.0386. The van der Waals surface area contributed by atoms with Crippen molar-refractivity contribution in [1.29, 1.82) is 0 Å². The van der Waals surface area contributed by atoms with E-state index in [9.17, 15) is 59.4 Å². The number of hydrogen-bond acceptors (Lipinski definition) is 13. The van der Waals surface area contributed by atoms with E-state index in [0.717, 1.165) is 6.42 Å². The number of unbranched alkanes of at least 4 members (excludes halogenated alkanes) is 2. The molecule has 0 aliphatic carbocycles. The molecule has 50 heavy (non-hydrogen) atoms. The van der Waals surface area contributed by atoms with E-state index in [2.05, 4.69) is 0 Å². The Hall–Kier alpha value is -3.38. The third kappa shape index (κ3) is 19.7. The Morgan fingerprint density at radius 3 is 1.60 bits per heavy atom. The second kappa shape index (κ2) is 24.7. The van der Waals surface area contributed by atoms with Gasteiger partial charge < -0.3 is 56.1 Å². The first-order valence-electron chi connectivity index (χ1n) is 17.0. The van der Waals surface area contributed by atoms with Crippen molar-refractivity contribution in [2.24, 2.45) is 29.4 Å². The molecule has 290 valence electrons. The lowest BCUT2D eigenvalue weighted by Crippen LogP contribution is -2.42. The van der Waals surface area contributed by atoms with Crippen LogP contribution in [0.4, 0.5) is 0 Å². The number of esters is 2. The number of carbonyl (C=O) groups excluding carboxylic acids is 2. The molecule has 0 fully saturated rings. The third-order valence-electron chi connectivity index (χ3n) is 8.48. The molecule has 0 heterocycles. The fraction of sp³-hybridized carbons (Fsp3) is 0.818. The zero-order valence-corrected chi connectivity index (χ0v) is 29.1. The van der Waals surface area contributed by atoms with Crippen LogP contribution in [0.2, 0.25) is 0 Å². The van der Waals surface area contributed by atoms with Gasteiger partial charge in [0.25, 0.3) is 0 Å². The van der Waals surface area contributed by atoms with E-state index in [1.54, 1.807) is 13.8 Å². The van der Waals surface area contributed by atoms with Gasteiger partial charge in [-0.1, -0.05) is 46.5 Å². The first kappa shape index (κ1) is 46.6. The fourth-order valence-electron chi connectivity index (χ4n) is 5.61. The van der Waals surface area contributed by atoms with Gasteiger partial charge in [0.05, 0.1) is 55.8 Å². The summed E-state index contributed by atoms with van der Waals surface area (Å²) in [5, 5.41) is 77.2. The topological polar surface area (TPSA) is 309 Å². The van der Waals surface area contributed by atoms with Crippen LogP contribution in [0.3, 0.4) is 0 Å². The Morgan fingerprint density at radius 1 is 0.640 bits per heavy atom. The van der Waals surface area contributed by atoms with Gasteiger partial charge in [0.1, 0.15) is 18.3 Å². The van der Waals surface area contributed by atoms with Crippen molar-refractivity contribution in [3.8, 4) is 0 Å². The Bertz CT molecular complexity index is 1070. The summed E-state index contributed by atoms with van der Waals surface area (Å²) < 4.78 is 11.4. The van der Waals surface area contributed by atoms with Crippen LogP contribution in [-0.4, -0.2) is 120 Å². The van der Waals surface area contributed by atoms with Gasteiger partial charge in [-0.2, -0.15) is 0 Å². The zero-order valence-electron chi connectivity index (χ0n) is 29.1. The molecule has 10 N–H and O–H groups in total. The van der Waals surface area contributed by atoms with Crippen molar-refractivity contribution in [3.05, 3.63) is 0 Å². The number of carbonyl (C=O) groups is 6. The highest BCUT2D eigenvalue weighted by molar-refractivity contribution is 5.83. The summed E-state index contributed by atoms with van der Waals surface area (Å²) in [6.07, 6.45) is -7.12. The molecule has 0 bridgehead atoms. The van der Waals surface area contributed by atoms with Gasteiger partial charge in [-0.3, -0.25) is 28.8 Å². The van der Waals surface area contributed by atoms with Crippen molar-refractivity contribution in [3.63, 3.8) is 0 Å². The molecule has 0 saturated carbocycles. The predicted octanol–water partition coefficient (Wildman–Crippen LogP) is 1.15. The molecule has 0 amide bonds. The predicted molar refractivity (Wildman–Crippen MR) is 174 cm³/mol. The second-order valence-electron chi connectivity index (χ2n) is 13.2. The zero-order chi connectivity index (χ0) is 38.6. The molecule has 0 rings (SSSR count). The number of aliphatic hydroxyl groups excluding tert-OH is 4. The van der Waals surface area contributed by atoms with Crippen molar-refractivity contribution in [1.82, 2.24) is 0 Å². The molecular formula is C33H57NO16. The summed E-state index contributed by atoms with van der Waals surface area (Å²) in [5.41, 5.74) is 5.30. The van der Waals surface area contributed by atoms with Crippen LogP contribution in [-0.2, 0) is 38.2 Å². The fourth-order valence-corrected chi connectivity index (χ4v) is 5.61. The molecular weight excluding hydrogens is 666 g/mol. The molecule has 0 aliphatic rings. The number of hydrogen-bond donors (Lipinski definition) is 9. The molecule has 17 nitrogen and oxygen atoms in total. The van der Waals surface area contributed by atoms with E-state index < -0.39 is 122 Å². The monoisotopic (exact) mass is 723 g/mol. The Labute approximate surface area is 291 Å². The first-order valence-corrected chi connectivity index (χ1v) is 17.0. The Balaban J connectivity index is 6.02. The van der Waals surface area contributed by atoms with E-state index in [-0.39, 0.29) is 32.2 Å². The van der Waals surface area contributed by atoms with Crippen LogP contribution in [0, 0.1) is 23.7 Å². The van der Waals surface area contributed by atoms with Crippen molar-refractivity contribution in [2.45, 2.75) is 141 Å². The maximum Gasteiger partial charge on any atom is 0.307 e. The number of carboxylic acid groups (broad SMARTS) is 4. The highest BCUT2D eigenvalue weighted by Gasteiger charge is 2.37. The highest BCUT2D eigenvalue weighted by atomic mass is 16.6. The van der Waals surface area contributed by atoms with E-state index in [0.29, 0.717) is 25.7 Å². The van der Waals surface area contributed by atoms with Crippen LogP contribution in [0.15, 0.2) is 0 Å². The largest absolute Gasteiger partial charge is 0.481 e. The number of aliphatic hydroxyl groups is 4. The molecule has 0 radical (unpaired) electrons. The maximum absolute atomic E-state index is 13.0. The molecule has 10 atom stereocenters. The minimum Gasteiger partial charge on any atom is -0.481 e. The van der Waals surface area contributed by atoms with Crippen LogP contribution < -0.4 is 5.73 Å². The average Bonchev–Trinajstić information content (AvgIpc) is 3.01. The van der Waals surface area contributed by atoms with Gasteiger partial charge in [-0.25, -0.2) is 0 Å². The number of rotatable bonds is 29. The van der Waals surface area contributed by atoms with Crippen molar-refractivity contribution < 1.29 is 79.1 Å². The minimum atomic E-state index is -1.61. The smallest absolute Gasteiger partial charge is 0.307 e. The molecule has 0 aromatic heterocycles. The van der Waals surface area contributed by atoms with Gasteiger partial charge >= 0.3 is 35.8 Å². The summed E-state index contributed by atoms with van der Waals surface area (Å²) in [4.78, 5) is 71.6. The standard InChI is InChI=1S/C33H57NO16/c1-4-5-8-19(3)31(50-29(43)16-21(33(47)48)14-27(40)41)25(49-28(42)15-20(32(45)46)13-26(38)39)12-18(2)11-22(35)9-6-7-10-23(36)30(44)24(37)17-34/h18-25,30-31,35-37,44H,4-17,34H2,1-3H3,(H,38,39)(H,40,41)(H,45,46)(H,47,48). The van der Waals surface area contributed by atoms with Crippen molar-refractivity contribution >= 4 is 35.8 Å². The molecule has 0 aliphatic heterocycles. The number of nitrogens with two attached hydrogens (primary N) is 1. The van der Waals surface area contributed by atoms with Crippen molar-refractivity contribution in [2.75, 3.05) is 6.54 Å².